The minimum Gasteiger partial charge on any atom is -0.457 e. The number of ether oxygens (including phenoxy) is 1. The first-order chi connectivity index (χ1) is 43.1. The molecule has 1 saturated carbocycles. The molecule has 0 aromatic heterocycles. The van der Waals surface area contributed by atoms with Crippen LogP contribution in [0.4, 0.5) is 0 Å². The number of Topliss-reactive ketones (excluding diaryl/α,β-unsaturated/α-hetero) is 2. The molecule has 3 nitrogen and oxygen atoms in total. The Morgan fingerprint density at radius 1 is 0.659 bits per heavy atom. The highest BCUT2D eigenvalue weighted by Gasteiger charge is 2.59. The Morgan fingerprint density at radius 3 is 1.76 bits per heavy atom. The molecule has 0 bridgehead atoms. The third kappa shape index (κ3) is 14.3. The predicted molar refractivity (Wildman–Crippen MR) is 365 cm³/mol. The van der Waals surface area contributed by atoms with Gasteiger partial charge in [0.2, 0.25) is 0 Å². The largest absolute Gasteiger partial charge is 0.457 e. The van der Waals surface area contributed by atoms with E-state index in [1.54, 1.807) is 19.1 Å². The molecule has 7 aromatic carbocycles. The van der Waals surface area contributed by atoms with Gasteiger partial charge in [0.15, 0.2) is 11.6 Å². The second kappa shape index (κ2) is 28.6. The number of fused-ring (bicyclic) bond motifs is 1. The molecule has 88 heavy (non-hydrogen) atoms. The topological polar surface area (TPSA) is 43.4 Å². The average molecular weight is 1140 g/mol. The summed E-state index contributed by atoms with van der Waals surface area (Å²) in [5, 5.41) is 0. The number of carbonyl (C=O) groups is 2. The summed E-state index contributed by atoms with van der Waals surface area (Å²) in [4.78, 5) is 29.1. The molecule has 0 radical (unpaired) electrons. The summed E-state index contributed by atoms with van der Waals surface area (Å²) in [7, 11) is 0. The normalized spacial score (nSPS) is 16.7. The zero-order valence-corrected chi connectivity index (χ0v) is 50.1. The summed E-state index contributed by atoms with van der Waals surface area (Å²) in [6.45, 7) is 15.9. The molecule has 424 valence electrons. The van der Waals surface area contributed by atoms with E-state index >= 15 is 0 Å². The smallest absolute Gasteiger partial charge is 0.194 e. The summed E-state index contributed by atoms with van der Waals surface area (Å²) in [6.07, 6.45) is 26.9. The summed E-state index contributed by atoms with van der Waals surface area (Å²) < 4.78 is 6.61. The van der Waals surface area contributed by atoms with Crippen LogP contribution in [-0.2, 0) is 9.59 Å². The molecular weight excluding hydrogens is 1070 g/mol. The van der Waals surface area contributed by atoms with Gasteiger partial charge in [-0.25, -0.2) is 0 Å². The van der Waals surface area contributed by atoms with Crippen LogP contribution in [0.3, 0.4) is 0 Å². The van der Waals surface area contributed by atoms with Gasteiger partial charge < -0.3 is 4.74 Å². The molecule has 3 atom stereocenters. The molecule has 0 N–H and O–H groups in total. The molecular formula is C85H66O3. The van der Waals surface area contributed by atoms with E-state index in [-0.39, 0.29) is 28.8 Å². The van der Waals surface area contributed by atoms with Crippen molar-refractivity contribution in [3.63, 3.8) is 0 Å². The van der Waals surface area contributed by atoms with Gasteiger partial charge >= 0.3 is 0 Å². The van der Waals surface area contributed by atoms with Crippen LogP contribution in [-0.4, -0.2) is 11.6 Å². The van der Waals surface area contributed by atoms with Gasteiger partial charge in [0.25, 0.3) is 0 Å². The first-order valence-corrected chi connectivity index (χ1v) is 29.6. The minimum atomic E-state index is -0.334. The van der Waals surface area contributed by atoms with Crippen molar-refractivity contribution in [2.75, 3.05) is 0 Å². The lowest BCUT2D eigenvalue weighted by molar-refractivity contribution is -0.113. The lowest BCUT2D eigenvalue weighted by Gasteiger charge is -2.18. The quantitative estimate of drug-likeness (QED) is 0.0419. The van der Waals surface area contributed by atoms with E-state index in [0.29, 0.717) is 34.6 Å². The Balaban J connectivity index is 0.971. The molecule has 7 aromatic rings. The van der Waals surface area contributed by atoms with Gasteiger partial charge in [0, 0.05) is 73.8 Å². The molecule has 0 amide bonds. The van der Waals surface area contributed by atoms with E-state index in [2.05, 4.69) is 98.7 Å². The number of benzene rings is 7. The van der Waals surface area contributed by atoms with Crippen molar-refractivity contribution in [2.45, 2.75) is 40.5 Å². The SMILES string of the molecule is C=C/C=C\C=C\C#CC\C=C/C(=C\C)C(/C(C)=O)=C(\c1ccc(Oc2ccc(C3=C(c4ccc(C#Cc5ccccc5)cc4)C(=O)C(c4ccc(C#Cc5ccccc5)cc4)=C3)cc2)cc1)C1C2=C(C(C)/C(C#Cc3ccccc3)=C\C=C)CC=CC21C. The van der Waals surface area contributed by atoms with E-state index in [1.165, 1.54) is 11.1 Å². The van der Waals surface area contributed by atoms with Crippen LogP contribution in [0, 0.1) is 64.6 Å². The summed E-state index contributed by atoms with van der Waals surface area (Å²) >= 11 is 0. The van der Waals surface area contributed by atoms with Crippen molar-refractivity contribution in [3.8, 4) is 58.9 Å². The lowest BCUT2D eigenvalue weighted by atomic mass is 9.85. The summed E-state index contributed by atoms with van der Waals surface area (Å²) in [5.41, 5.74) is 15.7. The van der Waals surface area contributed by atoms with Crippen molar-refractivity contribution >= 4 is 33.9 Å². The van der Waals surface area contributed by atoms with Crippen molar-refractivity contribution in [1.82, 2.24) is 0 Å². The molecule has 0 spiro atoms. The van der Waals surface area contributed by atoms with Crippen LogP contribution in [0.5, 0.6) is 11.5 Å². The number of carbonyl (C=O) groups excluding carboxylic acids is 2. The Labute approximate surface area is 520 Å². The minimum absolute atomic E-state index is 0.000340. The molecule has 0 heterocycles. The maximum Gasteiger partial charge on any atom is 0.194 e. The van der Waals surface area contributed by atoms with Crippen molar-refractivity contribution in [1.29, 1.82) is 0 Å². The zero-order chi connectivity index (χ0) is 61.2. The van der Waals surface area contributed by atoms with Gasteiger partial charge in [0.05, 0.1) is 0 Å². The molecule has 10 rings (SSSR count). The van der Waals surface area contributed by atoms with Crippen LogP contribution in [0.25, 0.3) is 22.3 Å². The Morgan fingerprint density at radius 2 is 1.20 bits per heavy atom. The van der Waals surface area contributed by atoms with Crippen molar-refractivity contribution in [2.24, 2.45) is 17.3 Å². The molecule has 1 fully saturated rings. The highest BCUT2D eigenvalue weighted by Crippen LogP contribution is 2.69. The van der Waals surface area contributed by atoms with Gasteiger partial charge in [-0.3, -0.25) is 9.59 Å². The zero-order valence-electron chi connectivity index (χ0n) is 50.1. The third-order valence-corrected chi connectivity index (χ3v) is 15.8. The number of allylic oxidation sites excluding steroid dienone is 22. The number of ketones is 2. The molecule has 0 saturated heterocycles. The fourth-order valence-electron chi connectivity index (χ4n) is 11.4. The molecule has 3 heteroatoms. The first-order valence-electron chi connectivity index (χ1n) is 29.6. The maximum atomic E-state index is 14.8. The van der Waals surface area contributed by atoms with E-state index < -0.39 is 0 Å². The third-order valence-electron chi connectivity index (χ3n) is 15.8. The maximum absolute atomic E-state index is 14.8. The fourth-order valence-corrected chi connectivity index (χ4v) is 11.4. The highest BCUT2D eigenvalue weighted by atomic mass is 16.5. The Kier molecular flexibility index (Phi) is 19.5. The van der Waals surface area contributed by atoms with Gasteiger partial charge in [0.1, 0.15) is 11.5 Å². The van der Waals surface area contributed by atoms with Crippen LogP contribution < -0.4 is 4.74 Å². The van der Waals surface area contributed by atoms with Gasteiger partial charge in [-0.15, -0.1) is 0 Å². The molecule has 3 aliphatic carbocycles. The number of rotatable bonds is 16. The molecule has 0 aliphatic heterocycles. The van der Waals surface area contributed by atoms with Gasteiger partial charge in [-0.2, -0.15) is 0 Å². The van der Waals surface area contributed by atoms with Gasteiger partial charge in [-0.05, 0) is 156 Å². The van der Waals surface area contributed by atoms with E-state index in [1.807, 2.05) is 238 Å². The Bertz CT molecular complexity index is 4400. The average Bonchev–Trinajstić information content (AvgIpc) is 1.65. The van der Waals surface area contributed by atoms with E-state index in [9.17, 15) is 9.59 Å². The fraction of sp³-hybridized carbons (Fsp3) is 0.106. The molecule has 3 aliphatic rings. The first kappa shape index (κ1) is 59.9. The Hall–Kier alpha value is -11.2. The predicted octanol–water partition coefficient (Wildman–Crippen LogP) is 19.1. The van der Waals surface area contributed by atoms with Crippen LogP contribution >= 0.6 is 0 Å². The second-order valence-corrected chi connectivity index (χ2v) is 21.7. The van der Waals surface area contributed by atoms with Gasteiger partial charge in [-0.1, -0.05) is 255 Å². The van der Waals surface area contributed by atoms with Crippen molar-refractivity contribution < 1.29 is 14.3 Å². The second-order valence-electron chi connectivity index (χ2n) is 21.7. The van der Waals surface area contributed by atoms with Crippen LogP contribution in [0.1, 0.15) is 90.6 Å². The lowest BCUT2D eigenvalue weighted by Crippen LogP contribution is -2.08. The van der Waals surface area contributed by atoms with E-state index in [4.69, 9.17) is 4.74 Å². The summed E-state index contributed by atoms with van der Waals surface area (Å²) in [5.74, 6) is 27.3. The summed E-state index contributed by atoms with van der Waals surface area (Å²) in [6, 6.07) is 61.5. The highest BCUT2D eigenvalue weighted by molar-refractivity contribution is 6.51. The molecule has 3 unspecified atom stereocenters. The number of hydrogen-bond donors (Lipinski definition) is 0. The van der Waals surface area contributed by atoms with Crippen LogP contribution in [0.15, 0.2) is 308 Å². The monoisotopic (exact) mass is 1130 g/mol. The van der Waals surface area contributed by atoms with Crippen LogP contribution in [0.2, 0.25) is 0 Å². The standard InChI is InChI=1S/C85H66O3/c1-7-10-11-12-13-14-15-16-26-35-68(9-3)79(62(5)86)81(83-82-76(36-27-59-85(82,83)6)61(4)69(28-8-2)46-41-65-33-24-19-25-34-65)73-53-57-75(58-54-73)88-74-55-51-70(52-56-74)77-60-78(71-47-42-66(43-48-71)39-37-63-29-20-17-21-30-63)84(87)80(77)72-49-44-67(45-50-72)40-38-64-31-22-18-23-32-64/h7-13,17-35,42-45,47-61,83H,1-2,16,36H2,3-6H3/b11-10-,13-12+,35-26-,68-9+,69-28-,81-79+. The number of hydrogen-bond acceptors (Lipinski definition) is 3. The van der Waals surface area contributed by atoms with E-state index in [0.717, 1.165) is 78.8 Å². The van der Waals surface area contributed by atoms with Crippen molar-refractivity contribution in [3.05, 3.63) is 358 Å².